The van der Waals surface area contributed by atoms with Crippen molar-refractivity contribution >= 4 is 17.8 Å². The van der Waals surface area contributed by atoms with E-state index in [9.17, 15) is 14.4 Å². The van der Waals surface area contributed by atoms with Crippen LogP contribution < -0.4 is 14.8 Å². The number of nitrogens with zero attached hydrogens (tertiary/aromatic N) is 1. The van der Waals surface area contributed by atoms with E-state index in [1.165, 1.54) is 32.2 Å². The van der Waals surface area contributed by atoms with Gasteiger partial charge in [-0.1, -0.05) is 26.7 Å². The highest BCUT2D eigenvalue weighted by Crippen LogP contribution is 2.34. The maximum atomic E-state index is 13.4. The summed E-state index contributed by atoms with van der Waals surface area (Å²) < 4.78 is 33.2. The highest BCUT2D eigenvalue weighted by Gasteiger charge is 2.36. The summed E-state index contributed by atoms with van der Waals surface area (Å²) in [5.74, 6) is -0.117. The quantitative estimate of drug-likeness (QED) is 0.240. The summed E-state index contributed by atoms with van der Waals surface area (Å²) in [4.78, 5) is 42.6. The fraction of sp³-hybridized carbons (Fsp3) is 0.733. The van der Waals surface area contributed by atoms with Crippen LogP contribution in [0.2, 0.25) is 0 Å². The van der Waals surface area contributed by atoms with E-state index in [2.05, 4.69) is 24.1 Å². The van der Waals surface area contributed by atoms with Gasteiger partial charge in [0.1, 0.15) is 18.8 Å². The molecule has 2 heterocycles. The molecular weight excluding hydrogens is 532 g/mol. The minimum atomic E-state index is -0.872. The average Bonchev–Trinajstić information content (AvgIpc) is 3.77. The first-order valence-electron chi connectivity index (χ1n) is 14.8. The Labute approximate surface area is 242 Å². The van der Waals surface area contributed by atoms with Crippen molar-refractivity contribution in [2.75, 3.05) is 33.7 Å². The van der Waals surface area contributed by atoms with Gasteiger partial charge in [0, 0.05) is 25.5 Å². The van der Waals surface area contributed by atoms with Crippen molar-refractivity contribution in [3.05, 3.63) is 18.0 Å². The van der Waals surface area contributed by atoms with Crippen LogP contribution in [0.5, 0.6) is 11.5 Å². The Bertz CT molecular complexity index is 998. The highest BCUT2D eigenvalue weighted by molar-refractivity contribution is 5.98. The fourth-order valence-corrected chi connectivity index (χ4v) is 4.87. The number of methoxy groups -OCH3 is 1. The number of pyridine rings is 1. The predicted molar refractivity (Wildman–Crippen MR) is 150 cm³/mol. The number of hydrogen-bond acceptors (Lipinski definition) is 10. The topological polar surface area (TPSA) is 132 Å². The number of carbonyl (C=O) groups is 3. The highest BCUT2D eigenvalue weighted by atomic mass is 16.7. The molecule has 1 aliphatic heterocycles. The van der Waals surface area contributed by atoms with Gasteiger partial charge in [-0.25, -0.2) is 14.6 Å². The Kier molecular flexibility index (Phi) is 13.1. The third-order valence-corrected chi connectivity index (χ3v) is 7.37. The van der Waals surface area contributed by atoms with Gasteiger partial charge in [-0.05, 0) is 63.7 Å². The van der Waals surface area contributed by atoms with E-state index < -0.39 is 36.8 Å². The number of nitrogens with one attached hydrogen (secondary N) is 1. The first kappa shape index (κ1) is 32.6. The second-order valence-electron chi connectivity index (χ2n) is 11.2. The van der Waals surface area contributed by atoms with E-state index in [1.807, 2.05) is 6.92 Å². The van der Waals surface area contributed by atoms with Gasteiger partial charge >= 0.3 is 11.9 Å². The van der Waals surface area contributed by atoms with E-state index >= 15 is 0 Å². The van der Waals surface area contributed by atoms with E-state index in [0.717, 1.165) is 25.7 Å². The minimum Gasteiger partial charge on any atom is -0.493 e. The maximum Gasteiger partial charge on any atom is 0.334 e. The zero-order valence-corrected chi connectivity index (χ0v) is 25.0. The lowest BCUT2D eigenvalue weighted by Crippen LogP contribution is -2.44. The average molecular weight is 579 g/mol. The number of carbonyl (C=O) groups excluding carboxylic acids is 3. The lowest BCUT2D eigenvalue weighted by atomic mass is 9.86. The second-order valence-corrected chi connectivity index (χ2v) is 11.2. The van der Waals surface area contributed by atoms with Crippen molar-refractivity contribution in [2.45, 2.75) is 90.9 Å². The van der Waals surface area contributed by atoms with E-state index in [4.69, 9.17) is 28.4 Å². The molecule has 0 bridgehead atoms. The van der Waals surface area contributed by atoms with Gasteiger partial charge in [0.2, 0.25) is 6.79 Å². The lowest BCUT2D eigenvalue weighted by Gasteiger charge is -2.31. The van der Waals surface area contributed by atoms with Crippen molar-refractivity contribution in [1.29, 1.82) is 0 Å². The second kappa shape index (κ2) is 16.5. The zero-order valence-electron chi connectivity index (χ0n) is 25.0. The summed E-state index contributed by atoms with van der Waals surface area (Å²) >= 11 is 0. The van der Waals surface area contributed by atoms with Crippen LogP contribution in [0.15, 0.2) is 12.3 Å². The molecule has 1 saturated heterocycles. The van der Waals surface area contributed by atoms with Gasteiger partial charge in [0.25, 0.3) is 5.91 Å². The van der Waals surface area contributed by atoms with Crippen molar-refractivity contribution in [3.63, 3.8) is 0 Å². The van der Waals surface area contributed by atoms with Gasteiger partial charge in [0.15, 0.2) is 17.2 Å². The largest absolute Gasteiger partial charge is 0.493 e. The number of aromatic nitrogens is 1. The summed E-state index contributed by atoms with van der Waals surface area (Å²) in [6, 6.07) is 0.645. The summed E-state index contributed by atoms with van der Waals surface area (Å²) in [5, 5.41) is 2.78. The lowest BCUT2D eigenvalue weighted by molar-refractivity contribution is -0.161. The molecule has 11 nitrogen and oxygen atoms in total. The van der Waals surface area contributed by atoms with Crippen LogP contribution in [0.25, 0.3) is 0 Å². The molecule has 2 fully saturated rings. The molecule has 1 saturated carbocycles. The van der Waals surface area contributed by atoms with Gasteiger partial charge in [0.05, 0.1) is 13.2 Å². The third kappa shape index (κ3) is 10.5. The number of amides is 1. The van der Waals surface area contributed by atoms with Crippen LogP contribution in [0.1, 0.15) is 83.1 Å². The van der Waals surface area contributed by atoms with Crippen molar-refractivity contribution in [2.24, 2.45) is 17.8 Å². The number of rotatable bonds is 15. The van der Waals surface area contributed by atoms with Crippen LogP contribution in [0.4, 0.5) is 0 Å². The van der Waals surface area contributed by atoms with E-state index in [0.29, 0.717) is 31.5 Å². The standard InChI is InChI=1S/C30H46N2O9/c1-6-37-17-25(33)39-18-40-28-24(36-5)14-15-31-26(28)29(34)32-23-9-7-8-22(13-10-19(2)3)27(20(4)41-30(23)35)38-16-21-11-12-21/h14-15,19-23,27H,6-13,16-18H2,1-5H3,(H,32,34)/t20-,22+,23-,27-/m0/s1. The smallest absolute Gasteiger partial charge is 0.334 e. The maximum absolute atomic E-state index is 13.4. The Morgan fingerprint density at radius 1 is 1.20 bits per heavy atom. The Balaban J connectivity index is 1.70. The first-order valence-corrected chi connectivity index (χ1v) is 14.8. The molecule has 0 spiro atoms. The van der Waals surface area contributed by atoms with Crippen LogP contribution >= 0.6 is 0 Å². The summed E-state index contributed by atoms with van der Waals surface area (Å²) in [6.07, 6.45) is 7.21. The number of esters is 2. The molecule has 0 aromatic carbocycles. The van der Waals surface area contributed by atoms with Gasteiger partial charge < -0.3 is 33.7 Å². The monoisotopic (exact) mass is 578 g/mol. The Morgan fingerprint density at radius 3 is 2.66 bits per heavy atom. The van der Waals surface area contributed by atoms with Crippen molar-refractivity contribution < 1.29 is 42.8 Å². The van der Waals surface area contributed by atoms with Crippen molar-refractivity contribution in [1.82, 2.24) is 10.3 Å². The van der Waals surface area contributed by atoms with E-state index in [-0.39, 0.29) is 35.8 Å². The van der Waals surface area contributed by atoms with Gasteiger partial charge in [-0.2, -0.15) is 0 Å². The van der Waals surface area contributed by atoms with Crippen LogP contribution in [-0.4, -0.2) is 74.8 Å². The normalized spacial score (nSPS) is 23.1. The summed E-state index contributed by atoms with van der Waals surface area (Å²) in [5.41, 5.74) is -0.105. The zero-order chi connectivity index (χ0) is 29.8. The molecule has 230 valence electrons. The van der Waals surface area contributed by atoms with Crippen molar-refractivity contribution in [3.8, 4) is 11.5 Å². The molecule has 1 amide bonds. The Hall–Kier alpha value is -2.92. The summed E-state index contributed by atoms with van der Waals surface area (Å²) in [7, 11) is 1.42. The molecule has 11 heteroatoms. The predicted octanol–water partition coefficient (Wildman–Crippen LogP) is 4.07. The van der Waals surface area contributed by atoms with Gasteiger partial charge in [-0.3, -0.25) is 4.79 Å². The molecule has 2 aliphatic rings. The molecule has 1 aromatic rings. The molecular formula is C30H46N2O9. The molecule has 0 unspecified atom stereocenters. The van der Waals surface area contributed by atoms with Crippen LogP contribution in [-0.2, 0) is 28.5 Å². The molecule has 4 atom stereocenters. The molecule has 41 heavy (non-hydrogen) atoms. The van der Waals surface area contributed by atoms with E-state index in [1.54, 1.807) is 6.92 Å². The number of cyclic esters (lactones) is 1. The van der Waals surface area contributed by atoms with Crippen LogP contribution in [0, 0.1) is 17.8 Å². The number of hydrogen-bond donors (Lipinski definition) is 1. The number of ether oxygens (including phenoxy) is 6. The molecule has 3 rings (SSSR count). The minimum absolute atomic E-state index is 0.0104. The van der Waals surface area contributed by atoms with Gasteiger partial charge in [-0.15, -0.1) is 0 Å². The fourth-order valence-electron chi connectivity index (χ4n) is 4.87. The molecule has 1 N–H and O–H groups in total. The van der Waals surface area contributed by atoms with Crippen LogP contribution in [0.3, 0.4) is 0 Å². The molecule has 0 radical (unpaired) electrons. The SMILES string of the molecule is CCOCC(=O)OCOc1c(OC)ccnc1C(=O)N[C@H]1CCC[C@H](CCC(C)C)[C@@H](OCC2CC2)[C@H](C)OC1=O. The first-order chi connectivity index (χ1) is 19.7. The Morgan fingerprint density at radius 2 is 1.98 bits per heavy atom. The summed E-state index contributed by atoms with van der Waals surface area (Å²) in [6.45, 7) is 8.42. The molecule has 1 aromatic heterocycles. The molecule has 1 aliphatic carbocycles. The third-order valence-electron chi connectivity index (χ3n) is 7.37.